The van der Waals surface area contributed by atoms with Gasteiger partial charge in [-0.15, -0.1) is 10.2 Å². The van der Waals surface area contributed by atoms with Gasteiger partial charge in [-0.05, 0) is 24.5 Å². The number of rotatable bonds is 7. The van der Waals surface area contributed by atoms with Crippen LogP contribution in [0.4, 0.5) is 5.69 Å². The van der Waals surface area contributed by atoms with Crippen LogP contribution in [0, 0.1) is 23.0 Å². The third-order valence-corrected chi connectivity index (χ3v) is 4.01. The van der Waals surface area contributed by atoms with Crippen LogP contribution in [0.25, 0.3) is 0 Å². The van der Waals surface area contributed by atoms with E-state index in [-0.39, 0.29) is 11.4 Å². The molecule has 1 aromatic carbocycles. The summed E-state index contributed by atoms with van der Waals surface area (Å²) in [7, 11) is 0. The second kappa shape index (κ2) is 7.32. The van der Waals surface area contributed by atoms with Crippen LogP contribution in [0.15, 0.2) is 23.4 Å². The highest BCUT2D eigenvalue weighted by atomic mass is 32.2. The molecule has 0 spiro atoms. The Morgan fingerprint density at radius 3 is 2.74 bits per heavy atom. The summed E-state index contributed by atoms with van der Waals surface area (Å²) < 4.78 is 6.89. The SMILES string of the molecule is Cc1nnc(SCc2ccc(OCC(C)C)c([N+](=O)[O-])c2)n1N. The van der Waals surface area contributed by atoms with Gasteiger partial charge in [0.15, 0.2) is 5.75 Å². The summed E-state index contributed by atoms with van der Waals surface area (Å²) in [5.74, 6) is 7.47. The third kappa shape index (κ3) is 4.35. The van der Waals surface area contributed by atoms with E-state index in [9.17, 15) is 10.1 Å². The fourth-order valence-electron chi connectivity index (χ4n) is 1.77. The van der Waals surface area contributed by atoms with Gasteiger partial charge in [-0.2, -0.15) is 0 Å². The predicted molar refractivity (Wildman–Crippen MR) is 87.9 cm³/mol. The Kier molecular flexibility index (Phi) is 5.43. The maximum atomic E-state index is 11.2. The fraction of sp³-hybridized carbons (Fsp3) is 0.429. The number of nitro groups is 1. The molecule has 0 bridgehead atoms. The highest BCUT2D eigenvalue weighted by molar-refractivity contribution is 7.98. The molecule has 0 saturated carbocycles. The predicted octanol–water partition coefficient (Wildman–Crippen LogP) is 2.54. The summed E-state index contributed by atoms with van der Waals surface area (Å²) in [5.41, 5.74) is 0.758. The van der Waals surface area contributed by atoms with Crippen LogP contribution >= 0.6 is 11.8 Å². The number of nitrogens with zero attached hydrogens (tertiary/aromatic N) is 4. The number of benzene rings is 1. The lowest BCUT2D eigenvalue weighted by molar-refractivity contribution is -0.385. The molecule has 124 valence electrons. The van der Waals surface area contributed by atoms with E-state index in [0.717, 1.165) is 5.56 Å². The largest absolute Gasteiger partial charge is 0.487 e. The van der Waals surface area contributed by atoms with E-state index in [4.69, 9.17) is 10.6 Å². The smallest absolute Gasteiger partial charge is 0.311 e. The molecule has 0 aliphatic carbocycles. The van der Waals surface area contributed by atoms with Crippen LogP contribution < -0.4 is 10.6 Å². The third-order valence-electron chi connectivity index (χ3n) is 3.00. The molecule has 0 radical (unpaired) electrons. The normalized spacial score (nSPS) is 11.0. The quantitative estimate of drug-likeness (QED) is 0.358. The minimum Gasteiger partial charge on any atom is -0.487 e. The molecular weight excluding hydrogens is 318 g/mol. The molecule has 1 aromatic heterocycles. The van der Waals surface area contributed by atoms with Crippen LogP contribution in [-0.4, -0.2) is 26.4 Å². The van der Waals surface area contributed by atoms with Gasteiger partial charge < -0.3 is 10.6 Å². The summed E-state index contributed by atoms with van der Waals surface area (Å²) >= 11 is 1.37. The zero-order valence-corrected chi connectivity index (χ0v) is 14.0. The molecule has 9 heteroatoms. The van der Waals surface area contributed by atoms with Crippen molar-refractivity contribution in [1.29, 1.82) is 0 Å². The lowest BCUT2D eigenvalue weighted by atomic mass is 10.2. The summed E-state index contributed by atoms with van der Waals surface area (Å²) in [5, 5.41) is 19.6. The first-order valence-corrected chi connectivity index (χ1v) is 8.07. The fourth-order valence-corrected chi connectivity index (χ4v) is 2.62. The Bertz CT molecular complexity index is 702. The average Bonchev–Trinajstić information content (AvgIpc) is 2.82. The van der Waals surface area contributed by atoms with Crippen LogP contribution in [0.3, 0.4) is 0 Å². The molecule has 1 heterocycles. The molecule has 2 aromatic rings. The Labute approximate surface area is 138 Å². The van der Waals surface area contributed by atoms with Crippen LogP contribution in [0.5, 0.6) is 5.75 Å². The van der Waals surface area contributed by atoms with E-state index in [1.165, 1.54) is 22.5 Å². The molecule has 0 fully saturated rings. The Morgan fingerprint density at radius 2 is 2.17 bits per heavy atom. The van der Waals surface area contributed by atoms with Gasteiger partial charge in [0.25, 0.3) is 0 Å². The summed E-state index contributed by atoms with van der Waals surface area (Å²) in [4.78, 5) is 10.8. The first-order valence-electron chi connectivity index (χ1n) is 7.08. The van der Waals surface area contributed by atoms with Gasteiger partial charge in [0.2, 0.25) is 5.16 Å². The van der Waals surface area contributed by atoms with Gasteiger partial charge in [0.05, 0.1) is 11.5 Å². The van der Waals surface area contributed by atoms with Crippen molar-refractivity contribution in [1.82, 2.24) is 14.9 Å². The molecule has 0 amide bonds. The topological polar surface area (TPSA) is 109 Å². The number of nitro benzene ring substituents is 1. The van der Waals surface area contributed by atoms with Crippen molar-refractivity contribution < 1.29 is 9.66 Å². The van der Waals surface area contributed by atoms with Crippen molar-refractivity contribution in [2.24, 2.45) is 5.92 Å². The number of thioether (sulfide) groups is 1. The molecule has 0 atom stereocenters. The summed E-state index contributed by atoms with van der Waals surface area (Å²) in [6.07, 6.45) is 0. The van der Waals surface area contributed by atoms with Crippen molar-refractivity contribution in [2.75, 3.05) is 12.4 Å². The number of nitrogens with two attached hydrogens (primary N) is 1. The minimum absolute atomic E-state index is 0.0332. The van der Waals surface area contributed by atoms with Crippen molar-refractivity contribution in [3.63, 3.8) is 0 Å². The zero-order chi connectivity index (χ0) is 17.0. The van der Waals surface area contributed by atoms with E-state index in [1.807, 2.05) is 13.8 Å². The number of ether oxygens (including phenoxy) is 1. The number of hydrogen-bond acceptors (Lipinski definition) is 7. The standard InChI is InChI=1S/C14H19N5O3S/c1-9(2)7-22-13-5-4-11(6-12(13)19(20)21)8-23-14-17-16-10(3)18(14)15/h4-6,9H,7-8,15H2,1-3H3. The Morgan fingerprint density at radius 1 is 1.43 bits per heavy atom. The Hall–Kier alpha value is -2.29. The van der Waals surface area contributed by atoms with Gasteiger partial charge in [-0.1, -0.05) is 31.7 Å². The van der Waals surface area contributed by atoms with Crippen molar-refractivity contribution in [3.05, 3.63) is 39.7 Å². The van der Waals surface area contributed by atoms with E-state index < -0.39 is 4.92 Å². The van der Waals surface area contributed by atoms with Gasteiger partial charge in [0.1, 0.15) is 5.82 Å². The number of nitrogen functional groups attached to an aromatic ring is 1. The zero-order valence-electron chi connectivity index (χ0n) is 13.2. The van der Waals surface area contributed by atoms with Crippen LogP contribution in [0.1, 0.15) is 25.2 Å². The first kappa shape index (κ1) is 17.1. The van der Waals surface area contributed by atoms with Gasteiger partial charge >= 0.3 is 5.69 Å². The highest BCUT2D eigenvalue weighted by Crippen LogP contribution is 2.30. The maximum Gasteiger partial charge on any atom is 0.311 e. The molecule has 0 unspecified atom stereocenters. The second-order valence-electron chi connectivity index (χ2n) is 5.45. The van der Waals surface area contributed by atoms with Crippen molar-refractivity contribution in [3.8, 4) is 5.75 Å². The number of hydrogen-bond donors (Lipinski definition) is 1. The maximum absolute atomic E-state index is 11.2. The molecular formula is C14H19N5O3S. The molecule has 2 rings (SSSR count). The monoisotopic (exact) mass is 337 g/mol. The van der Waals surface area contributed by atoms with Crippen LogP contribution in [-0.2, 0) is 5.75 Å². The van der Waals surface area contributed by atoms with Crippen molar-refractivity contribution >= 4 is 17.4 Å². The van der Waals surface area contributed by atoms with Gasteiger partial charge in [-0.25, -0.2) is 4.68 Å². The highest BCUT2D eigenvalue weighted by Gasteiger charge is 2.17. The van der Waals surface area contributed by atoms with E-state index >= 15 is 0 Å². The van der Waals surface area contributed by atoms with Gasteiger partial charge in [0, 0.05) is 11.8 Å². The Balaban J connectivity index is 2.12. The van der Waals surface area contributed by atoms with E-state index in [0.29, 0.717) is 29.3 Å². The number of aromatic nitrogens is 3. The van der Waals surface area contributed by atoms with Gasteiger partial charge in [-0.3, -0.25) is 10.1 Å². The second-order valence-corrected chi connectivity index (χ2v) is 6.40. The number of aryl methyl sites for hydroxylation is 1. The lowest BCUT2D eigenvalue weighted by Gasteiger charge is -2.10. The minimum atomic E-state index is -0.431. The molecule has 2 N–H and O–H groups in total. The van der Waals surface area contributed by atoms with Crippen LogP contribution in [0.2, 0.25) is 0 Å². The molecule has 8 nitrogen and oxygen atoms in total. The average molecular weight is 337 g/mol. The molecule has 23 heavy (non-hydrogen) atoms. The van der Waals surface area contributed by atoms with E-state index in [1.54, 1.807) is 19.1 Å². The molecule has 0 saturated heterocycles. The first-order chi connectivity index (χ1) is 10.9. The lowest BCUT2D eigenvalue weighted by Crippen LogP contribution is -2.11. The van der Waals surface area contributed by atoms with E-state index in [2.05, 4.69) is 10.2 Å². The van der Waals surface area contributed by atoms with Crippen molar-refractivity contribution in [2.45, 2.75) is 31.7 Å². The summed E-state index contributed by atoms with van der Waals surface area (Å²) in [6, 6.07) is 4.96. The molecule has 0 aliphatic rings. The molecule has 0 aliphatic heterocycles. The summed E-state index contributed by atoms with van der Waals surface area (Å²) in [6.45, 7) is 6.16.